The summed E-state index contributed by atoms with van der Waals surface area (Å²) < 4.78 is 18.3. The molecule has 0 radical (unpaired) electrons. The molecule has 0 saturated carbocycles. The van der Waals surface area contributed by atoms with Gasteiger partial charge < -0.3 is 9.88 Å². The molecule has 0 aliphatic carbocycles. The standard InChI is InChI=1S/C29H28FN5O2.C2H6/c1-19(2)16-35-25-18-34(17-20-7-9-21(10-8-20)24-6-4-5-15-31-24)27(26(25)28(36)33(3)29(35)37)32-23-13-11-22(30)12-14-23;1-2/h4-15,18-19,32H,16-17H2,1-3H3;1-2H3. The van der Waals surface area contributed by atoms with Crippen molar-refractivity contribution in [2.24, 2.45) is 13.0 Å². The summed E-state index contributed by atoms with van der Waals surface area (Å²) in [6.07, 6.45) is 3.61. The molecule has 0 spiro atoms. The Hall–Kier alpha value is -4.46. The third kappa shape index (κ3) is 5.85. The second kappa shape index (κ2) is 11.9. The van der Waals surface area contributed by atoms with Gasteiger partial charge in [0.25, 0.3) is 5.56 Å². The fraction of sp³-hybridized carbons (Fsp3) is 0.258. The van der Waals surface area contributed by atoms with E-state index in [9.17, 15) is 14.0 Å². The summed E-state index contributed by atoms with van der Waals surface area (Å²) in [7, 11) is 1.50. The maximum atomic E-state index is 13.5. The third-order valence-corrected chi connectivity index (χ3v) is 6.31. The van der Waals surface area contributed by atoms with Crippen molar-refractivity contribution in [3.05, 3.63) is 111 Å². The maximum Gasteiger partial charge on any atom is 0.331 e. The minimum Gasteiger partial charge on any atom is -0.341 e. The van der Waals surface area contributed by atoms with Crippen LogP contribution >= 0.6 is 0 Å². The zero-order valence-electron chi connectivity index (χ0n) is 23.0. The van der Waals surface area contributed by atoms with Crippen LogP contribution in [0.15, 0.2) is 88.7 Å². The number of benzene rings is 2. The molecule has 5 aromatic rings. The Morgan fingerprint density at radius 3 is 2.26 bits per heavy atom. The molecule has 39 heavy (non-hydrogen) atoms. The van der Waals surface area contributed by atoms with E-state index in [1.54, 1.807) is 22.9 Å². The maximum absolute atomic E-state index is 13.5. The van der Waals surface area contributed by atoms with Crippen molar-refractivity contribution in [1.29, 1.82) is 0 Å². The minimum absolute atomic E-state index is 0.203. The highest BCUT2D eigenvalue weighted by atomic mass is 19.1. The minimum atomic E-state index is -0.381. The van der Waals surface area contributed by atoms with Crippen LogP contribution in [-0.2, 0) is 20.1 Å². The highest BCUT2D eigenvalue weighted by Gasteiger charge is 2.20. The summed E-state index contributed by atoms with van der Waals surface area (Å²) in [6, 6.07) is 19.8. The molecule has 0 aliphatic heterocycles. The van der Waals surface area contributed by atoms with E-state index in [2.05, 4.69) is 10.3 Å². The highest BCUT2D eigenvalue weighted by molar-refractivity contribution is 5.92. The Labute approximate surface area is 227 Å². The number of hydrogen-bond donors (Lipinski definition) is 1. The smallest absolute Gasteiger partial charge is 0.331 e. The largest absolute Gasteiger partial charge is 0.341 e. The Morgan fingerprint density at radius 1 is 0.949 bits per heavy atom. The van der Waals surface area contributed by atoms with Crippen molar-refractivity contribution in [1.82, 2.24) is 18.7 Å². The molecule has 3 heterocycles. The van der Waals surface area contributed by atoms with Crippen molar-refractivity contribution >= 4 is 22.4 Å². The lowest BCUT2D eigenvalue weighted by Crippen LogP contribution is -2.38. The molecule has 0 bridgehead atoms. The first kappa shape index (κ1) is 27.6. The number of anilines is 2. The number of pyridine rings is 1. The molecule has 202 valence electrons. The summed E-state index contributed by atoms with van der Waals surface area (Å²) in [5, 5.41) is 3.72. The molecule has 2 aromatic carbocycles. The molecular formula is C31H34FN5O2. The van der Waals surface area contributed by atoms with Gasteiger partial charge in [-0.2, -0.15) is 0 Å². The predicted octanol–water partition coefficient (Wildman–Crippen LogP) is 6.18. The van der Waals surface area contributed by atoms with Gasteiger partial charge in [0.15, 0.2) is 0 Å². The van der Waals surface area contributed by atoms with Gasteiger partial charge in [-0.15, -0.1) is 0 Å². The Kier molecular flexibility index (Phi) is 8.44. The molecule has 0 aliphatic rings. The van der Waals surface area contributed by atoms with Gasteiger partial charge in [-0.1, -0.05) is 58.0 Å². The van der Waals surface area contributed by atoms with E-state index in [1.165, 1.54) is 19.2 Å². The third-order valence-electron chi connectivity index (χ3n) is 6.31. The number of nitrogens with one attached hydrogen (secondary N) is 1. The van der Waals surface area contributed by atoms with E-state index in [-0.39, 0.29) is 23.0 Å². The first-order valence-electron chi connectivity index (χ1n) is 13.2. The highest BCUT2D eigenvalue weighted by Crippen LogP contribution is 2.28. The van der Waals surface area contributed by atoms with Crippen LogP contribution in [0.3, 0.4) is 0 Å². The normalized spacial score (nSPS) is 10.9. The topological polar surface area (TPSA) is 73.8 Å². The average molecular weight is 528 g/mol. The Balaban J connectivity index is 0.00000172. The van der Waals surface area contributed by atoms with Crippen molar-refractivity contribution in [3.8, 4) is 11.3 Å². The van der Waals surface area contributed by atoms with Crippen molar-refractivity contribution < 1.29 is 4.39 Å². The van der Waals surface area contributed by atoms with E-state index in [1.807, 2.05) is 80.9 Å². The number of fused-ring (bicyclic) bond motifs is 1. The van der Waals surface area contributed by atoms with Crippen LogP contribution in [0.2, 0.25) is 0 Å². The summed E-state index contributed by atoms with van der Waals surface area (Å²) >= 11 is 0. The van der Waals surface area contributed by atoms with E-state index in [0.717, 1.165) is 21.4 Å². The molecule has 0 fully saturated rings. The van der Waals surface area contributed by atoms with Crippen molar-refractivity contribution in [2.45, 2.75) is 40.8 Å². The van der Waals surface area contributed by atoms with Crippen molar-refractivity contribution in [2.75, 3.05) is 5.32 Å². The molecule has 0 unspecified atom stereocenters. The second-order valence-electron chi connectivity index (χ2n) is 9.56. The van der Waals surface area contributed by atoms with E-state index in [4.69, 9.17) is 0 Å². The second-order valence-corrected chi connectivity index (χ2v) is 9.56. The van der Waals surface area contributed by atoms with Gasteiger partial charge in [-0.25, -0.2) is 9.18 Å². The molecule has 8 heteroatoms. The average Bonchev–Trinajstić information content (AvgIpc) is 3.30. The number of aromatic nitrogens is 4. The van der Waals surface area contributed by atoms with Gasteiger partial charge in [0.2, 0.25) is 0 Å². The fourth-order valence-corrected chi connectivity index (χ4v) is 4.48. The fourth-order valence-electron chi connectivity index (χ4n) is 4.48. The van der Waals surface area contributed by atoms with Gasteiger partial charge >= 0.3 is 5.69 Å². The van der Waals surface area contributed by atoms with Crippen LogP contribution in [0.1, 0.15) is 33.3 Å². The molecule has 1 N–H and O–H groups in total. The van der Waals surface area contributed by atoms with E-state index < -0.39 is 0 Å². The molecule has 0 amide bonds. The van der Waals surface area contributed by atoms with Gasteiger partial charge in [0, 0.05) is 43.8 Å². The van der Waals surface area contributed by atoms with E-state index in [0.29, 0.717) is 35.5 Å². The number of hydrogen-bond acceptors (Lipinski definition) is 4. The Morgan fingerprint density at radius 2 is 1.64 bits per heavy atom. The first-order chi connectivity index (χ1) is 18.8. The summed E-state index contributed by atoms with van der Waals surface area (Å²) in [6.45, 7) is 8.99. The summed E-state index contributed by atoms with van der Waals surface area (Å²) in [4.78, 5) is 30.8. The summed E-state index contributed by atoms with van der Waals surface area (Å²) in [5.41, 5.74) is 3.38. The summed E-state index contributed by atoms with van der Waals surface area (Å²) in [5.74, 6) is 0.406. The molecule has 0 saturated heterocycles. The molecule has 0 atom stereocenters. The van der Waals surface area contributed by atoms with Crippen LogP contribution in [0.4, 0.5) is 15.9 Å². The predicted molar refractivity (Wildman–Crippen MR) is 156 cm³/mol. The molecule has 3 aromatic heterocycles. The van der Waals surface area contributed by atoms with Gasteiger partial charge in [0.05, 0.1) is 11.2 Å². The van der Waals surface area contributed by atoms with Crippen LogP contribution in [-0.4, -0.2) is 18.7 Å². The van der Waals surface area contributed by atoms with Crippen molar-refractivity contribution in [3.63, 3.8) is 0 Å². The lowest BCUT2D eigenvalue weighted by Gasteiger charge is -2.13. The lowest BCUT2D eigenvalue weighted by molar-refractivity contribution is 0.502. The van der Waals surface area contributed by atoms with Gasteiger partial charge in [0.1, 0.15) is 17.0 Å². The SMILES string of the molecule is CC.CC(C)Cn1c(=O)n(C)c(=O)c2c(Nc3ccc(F)cc3)n(Cc3ccc(-c4ccccn4)cc3)cc21. The Bertz CT molecular complexity index is 1670. The lowest BCUT2D eigenvalue weighted by atomic mass is 10.1. The number of halogens is 1. The number of rotatable bonds is 7. The zero-order chi connectivity index (χ0) is 28.1. The monoisotopic (exact) mass is 527 g/mol. The molecular weight excluding hydrogens is 493 g/mol. The molecule has 7 nitrogen and oxygen atoms in total. The quantitative estimate of drug-likeness (QED) is 0.274. The van der Waals surface area contributed by atoms with E-state index >= 15 is 0 Å². The van der Waals surface area contributed by atoms with Crippen LogP contribution < -0.4 is 16.6 Å². The first-order valence-corrected chi connectivity index (χ1v) is 13.2. The molecule has 5 rings (SSSR count). The van der Waals surface area contributed by atoms with Gasteiger partial charge in [-0.05, 0) is 47.9 Å². The van der Waals surface area contributed by atoms with Crippen LogP contribution in [0, 0.1) is 11.7 Å². The van der Waals surface area contributed by atoms with Crippen LogP contribution in [0.25, 0.3) is 22.2 Å². The van der Waals surface area contributed by atoms with Crippen LogP contribution in [0.5, 0.6) is 0 Å². The van der Waals surface area contributed by atoms with Gasteiger partial charge in [-0.3, -0.25) is 18.9 Å². The number of nitrogens with zero attached hydrogens (tertiary/aromatic N) is 4. The zero-order valence-corrected chi connectivity index (χ0v) is 23.0.